The Morgan fingerprint density at radius 1 is 0.383 bits per heavy atom. The van der Waals surface area contributed by atoms with E-state index in [9.17, 15) is 0 Å². The van der Waals surface area contributed by atoms with Crippen LogP contribution in [0.15, 0.2) is 146 Å². The van der Waals surface area contributed by atoms with E-state index >= 15 is 0 Å². The fraction of sp³-hybridized carbons (Fsp3) is 0.132. The van der Waals surface area contributed by atoms with Crippen molar-refractivity contribution in [2.45, 2.75) is 33.1 Å². The van der Waals surface area contributed by atoms with Gasteiger partial charge in [0, 0.05) is 13.2 Å². The van der Waals surface area contributed by atoms with Gasteiger partial charge in [-0.25, -0.2) is 23.2 Å². The van der Waals surface area contributed by atoms with Gasteiger partial charge in [-0.05, 0) is 68.8 Å². The van der Waals surface area contributed by atoms with Gasteiger partial charge >= 0.3 is 17.4 Å². The van der Waals surface area contributed by atoms with Crippen molar-refractivity contribution in [3.8, 4) is 44.5 Å². The molecule has 298 valence electrons. The van der Waals surface area contributed by atoms with Crippen LogP contribution in [0.25, 0.3) is 90.9 Å². The molecule has 0 amide bonds. The first-order chi connectivity index (χ1) is 28.8. The third-order valence-electron chi connectivity index (χ3n) is 10.3. The van der Waals surface area contributed by atoms with Gasteiger partial charge in [0.1, 0.15) is 0 Å². The molecule has 0 atom stereocenters. The number of rotatable bonds is 4. The van der Waals surface area contributed by atoms with Crippen LogP contribution >= 0.6 is 0 Å². The summed E-state index contributed by atoms with van der Waals surface area (Å²) < 4.78 is 9.64. The quantitative estimate of drug-likeness (QED) is 0.165. The largest absolute Gasteiger partial charge is 2.00 e. The van der Waals surface area contributed by atoms with Crippen molar-refractivity contribution in [3.63, 3.8) is 0 Å². The molecule has 0 aliphatic carbocycles. The summed E-state index contributed by atoms with van der Waals surface area (Å²) in [6.07, 6.45) is 13.2. The molecule has 60 heavy (non-hydrogen) atoms. The van der Waals surface area contributed by atoms with Gasteiger partial charge in [-0.1, -0.05) is 166 Å². The van der Waals surface area contributed by atoms with Gasteiger partial charge in [0.05, 0.1) is 22.8 Å². The summed E-state index contributed by atoms with van der Waals surface area (Å²) in [5, 5.41) is 0. The molecule has 7 heterocycles. The molecule has 8 bridgehead atoms. The Bertz CT molecular complexity index is 2340. The van der Waals surface area contributed by atoms with Gasteiger partial charge in [0.15, 0.2) is 0 Å². The second-order valence-corrected chi connectivity index (χ2v) is 14.2. The molecule has 4 aliphatic rings. The van der Waals surface area contributed by atoms with Crippen molar-refractivity contribution >= 4 is 46.4 Å². The number of hydrogen-bond donors (Lipinski definition) is 0. The average Bonchev–Trinajstić information content (AvgIpc) is 4.13. The Morgan fingerprint density at radius 3 is 0.850 bits per heavy atom. The molecule has 7 aromatic rings. The van der Waals surface area contributed by atoms with Gasteiger partial charge < -0.3 is 19.4 Å². The Morgan fingerprint density at radius 2 is 0.650 bits per heavy atom. The average molecular weight is 823 g/mol. The molecule has 0 spiro atoms. The van der Waals surface area contributed by atoms with E-state index in [1.165, 1.54) is 12.8 Å². The van der Waals surface area contributed by atoms with Crippen molar-refractivity contribution in [1.29, 1.82) is 0 Å². The van der Waals surface area contributed by atoms with E-state index in [0.29, 0.717) is 0 Å². The Kier molecular flexibility index (Phi) is 14.2. The van der Waals surface area contributed by atoms with E-state index in [-0.39, 0.29) is 24.8 Å². The zero-order chi connectivity index (χ0) is 38.9. The van der Waals surface area contributed by atoms with E-state index < -0.39 is 0 Å². The Labute approximate surface area is 363 Å². The molecule has 6 nitrogen and oxygen atoms in total. The topological polar surface area (TPSA) is 72.4 Å². The minimum atomic E-state index is 0. The van der Waals surface area contributed by atoms with Gasteiger partial charge in [-0.2, -0.15) is 12.8 Å². The molecule has 0 N–H and O–H groups in total. The summed E-state index contributed by atoms with van der Waals surface area (Å²) in [5.41, 5.74) is 15.0. The van der Waals surface area contributed by atoms with Crippen LogP contribution in [0.4, 0.5) is 0 Å². The van der Waals surface area contributed by atoms with Crippen LogP contribution in [0.1, 0.15) is 55.9 Å². The maximum absolute atomic E-state index is 5.31. The number of nitrogens with zero attached hydrogens (tertiary/aromatic N) is 4. The molecule has 11 rings (SSSR count). The van der Waals surface area contributed by atoms with Crippen LogP contribution in [0.2, 0.25) is 0 Å². The summed E-state index contributed by atoms with van der Waals surface area (Å²) in [4.78, 5) is 21.2. The molecule has 2 fully saturated rings. The predicted molar refractivity (Wildman–Crippen MR) is 244 cm³/mol. The molecule has 4 aliphatic heterocycles. The Hall–Kier alpha value is -6.07. The van der Waals surface area contributed by atoms with Crippen molar-refractivity contribution in [3.05, 3.63) is 182 Å². The zero-order valence-corrected chi connectivity index (χ0v) is 33.9. The molecule has 0 radical (unpaired) electrons. The van der Waals surface area contributed by atoms with Crippen LogP contribution in [0, 0.1) is 13.2 Å². The second kappa shape index (κ2) is 20.3. The number of benzene rings is 4. The van der Waals surface area contributed by atoms with E-state index in [4.69, 9.17) is 29.4 Å². The van der Waals surface area contributed by atoms with Crippen molar-refractivity contribution in [2.24, 2.45) is 0 Å². The molecule has 4 aromatic carbocycles. The monoisotopic (exact) mass is 822 g/mol. The number of fused-ring (bicyclic) bond motifs is 8. The van der Waals surface area contributed by atoms with Crippen molar-refractivity contribution in [1.82, 2.24) is 19.9 Å². The molecule has 7 heteroatoms. The predicted octanol–water partition coefficient (Wildman–Crippen LogP) is 13.1. The summed E-state index contributed by atoms with van der Waals surface area (Å²) in [6.45, 7) is 5.61. The first kappa shape index (κ1) is 42.1. The van der Waals surface area contributed by atoms with Gasteiger partial charge in [-0.15, -0.1) is 22.1 Å². The number of aromatic nitrogens is 4. The molecular formula is C53H46CrN4O2-2. The van der Waals surface area contributed by atoms with Crippen LogP contribution in [0.3, 0.4) is 0 Å². The fourth-order valence-corrected chi connectivity index (χ4v) is 7.52. The van der Waals surface area contributed by atoms with Crippen LogP contribution in [-0.4, -0.2) is 23.2 Å². The molecule has 0 saturated carbocycles. The zero-order valence-electron chi connectivity index (χ0n) is 32.6. The summed E-state index contributed by atoms with van der Waals surface area (Å²) >= 11 is 0. The SMILES string of the molecule is C.C1=Cc2nc1c(-c1ccccc1)c1ccc([n-]1)c(-c1ccccc1)c1nc(c(-c3ccccc3)c3ccc([n-]3)c2-c2ccccc2)C=C1.[CH-]1CCCO1.[CH-]1CCCO1.[Cr+2]. The number of ether oxygens (including phenoxy) is 2. The summed E-state index contributed by atoms with van der Waals surface area (Å²) in [7, 11) is 0. The maximum Gasteiger partial charge on any atom is 2.00 e. The molecule has 0 unspecified atom stereocenters. The Balaban J connectivity index is 0.000000400. The maximum atomic E-state index is 5.31. The van der Waals surface area contributed by atoms with E-state index in [1.54, 1.807) is 0 Å². The minimum Gasteiger partial charge on any atom is -0.657 e. The van der Waals surface area contributed by atoms with Crippen molar-refractivity contribution in [2.75, 3.05) is 13.2 Å². The fourth-order valence-electron chi connectivity index (χ4n) is 7.52. The third-order valence-corrected chi connectivity index (χ3v) is 10.3. The normalized spacial score (nSPS) is 13.6. The minimum absolute atomic E-state index is 0. The number of hydrogen-bond acceptors (Lipinski definition) is 4. The van der Waals surface area contributed by atoms with Crippen LogP contribution < -0.4 is 9.97 Å². The second-order valence-electron chi connectivity index (χ2n) is 14.2. The smallest absolute Gasteiger partial charge is 0.657 e. The van der Waals surface area contributed by atoms with E-state index in [0.717, 1.165) is 115 Å². The van der Waals surface area contributed by atoms with E-state index in [1.807, 2.05) is 37.5 Å². The van der Waals surface area contributed by atoms with Crippen LogP contribution in [-0.2, 0) is 26.8 Å². The van der Waals surface area contributed by atoms with Gasteiger partial charge in [-0.3, -0.25) is 0 Å². The summed E-state index contributed by atoms with van der Waals surface area (Å²) in [5.74, 6) is 0. The summed E-state index contributed by atoms with van der Waals surface area (Å²) in [6, 6.07) is 50.0. The first-order valence-electron chi connectivity index (χ1n) is 19.9. The van der Waals surface area contributed by atoms with Gasteiger partial charge in [0.25, 0.3) is 0 Å². The third kappa shape index (κ3) is 9.37. The molecular weight excluding hydrogens is 777 g/mol. The van der Waals surface area contributed by atoms with Gasteiger partial charge in [0.2, 0.25) is 0 Å². The standard InChI is InChI=1S/C44H28N4.2C4H7O.CH4.Cr/c1-5-13-29(14-6-1)41-33-21-23-35(45-33)42(30-15-7-2-8-16-30)37-25-27-39(47-37)44(32-19-11-4-12-20-32)40-28-26-38(48-40)43(31-17-9-3-10-18-31)36-24-22-34(41)46-36;2*1-2-4-5-3-1;;/h1-28H;2*3H,1-2,4H2;1H4;/q-2;2*-1;;+2. The molecule has 3 aromatic heterocycles. The van der Waals surface area contributed by atoms with Crippen molar-refractivity contribution < 1.29 is 26.8 Å². The molecule has 2 saturated heterocycles. The van der Waals surface area contributed by atoms with E-state index in [2.05, 4.69) is 146 Å². The first-order valence-corrected chi connectivity index (χ1v) is 19.9. The van der Waals surface area contributed by atoms with Crippen LogP contribution in [0.5, 0.6) is 0 Å².